The van der Waals surface area contributed by atoms with Gasteiger partial charge in [-0.3, -0.25) is 5.41 Å². The summed E-state index contributed by atoms with van der Waals surface area (Å²) >= 11 is 0. The molecule has 13 heavy (non-hydrogen) atoms. The quantitative estimate of drug-likeness (QED) is 0.318. The Hall–Kier alpha value is -1.25. The molecule has 0 radical (unpaired) electrons. The molecule has 0 aliphatic heterocycles. The van der Waals surface area contributed by atoms with Gasteiger partial charge in [-0.05, 0) is 19.4 Å². The van der Waals surface area contributed by atoms with Crippen molar-refractivity contribution in [3.05, 3.63) is 24.4 Å². The second-order valence-electron chi connectivity index (χ2n) is 2.87. The summed E-state index contributed by atoms with van der Waals surface area (Å²) in [5.74, 6) is 0. The predicted octanol–water partition coefficient (Wildman–Crippen LogP) is 1.64. The molecule has 3 N–H and O–H groups in total. The lowest BCUT2D eigenvalue weighted by atomic mass is 10.2. The maximum Gasteiger partial charge on any atom is 0.0793 e. The molecule has 0 saturated carbocycles. The van der Waals surface area contributed by atoms with Gasteiger partial charge >= 0.3 is 0 Å². The van der Waals surface area contributed by atoms with Crippen LogP contribution >= 0.6 is 0 Å². The van der Waals surface area contributed by atoms with Gasteiger partial charge in [-0.15, -0.1) is 0 Å². The fourth-order valence-electron chi connectivity index (χ4n) is 0.929. The summed E-state index contributed by atoms with van der Waals surface area (Å²) in [5, 5.41) is 13.0. The number of rotatable bonds is 7. The Balaban J connectivity index is 3.77. The molecule has 0 aromatic heterocycles. The minimum atomic E-state index is 0.275. The number of hydrogen-bond donors (Lipinski definition) is 3. The summed E-state index contributed by atoms with van der Waals surface area (Å²) in [6, 6.07) is 0.275. The van der Waals surface area contributed by atoms with E-state index in [1.807, 2.05) is 13.0 Å². The van der Waals surface area contributed by atoms with E-state index in [9.17, 15) is 0 Å². The van der Waals surface area contributed by atoms with Crippen LogP contribution in [0.3, 0.4) is 0 Å². The molecule has 0 rings (SSSR count). The Bertz CT molecular complexity index is 185. The first-order valence-corrected chi connectivity index (χ1v) is 4.55. The summed E-state index contributed by atoms with van der Waals surface area (Å²) in [4.78, 5) is 0. The van der Waals surface area contributed by atoms with Crippen LogP contribution in [0.5, 0.6) is 0 Å². The maximum atomic E-state index is 6.85. The van der Waals surface area contributed by atoms with Crippen molar-refractivity contribution in [2.24, 2.45) is 0 Å². The van der Waals surface area contributed by atoms with Crippen LogP contribution < -0.4 is 10.6 Å². The van der Waals surface area contributed by atoms with Gasteiger partial charge in [0.15, 0.2) is 0 Å². The smallest absolute Gasteiger partial charge is 0.0793 e. The Morgan fingerprint density at radius 3 is 2.77 bits per heavy atom. The molecule has 0 unspecified atom stereocenters. The highest BCUT2D eigenvalue weighted by Crippen LogP contribution is 1.95. The zero-order chi connectivity index (χ0) is 10.1. The Morgan fingerprint density at radius 2 is 2.31 bits per heavy atom. The monoisotopic (exact) mass is 181 g/mol. The molecule has 0 heterocycles. The van der Waals surface area contributed by atoms with E-state index in [1.165, 1.54) is 12.0 Å². The molecule has 0 aromatic rings. The lowest BCUT2D eigenvalue weighted by Crippen LogP contribution is -2.34. The minimum absolute atomic E-state index is 0.275. The summed E-state index contributed by atoms with van der Waals surface area (Å²) in [6.45, 7) is 8.59. The molecule has 0 bridgehead atoms. The van der Waals surface area contributed by atoms with Crippen LogP contribution in [0.1, 0.15) is 20.3 Å². The van der Waals surface area contributed by atoms with Gasteiger partial charge in [0.25, 0.3) is 0 Å². The Labute approximate surface area is 80.4 Å². The zero-order valence-corrected chi connectivity index (χ0v) is 8.43. The SMILES string of the molecule is C=C/C=C(\CC)NC[C@H](C)NC=N. The summed E-state index contributed by atoms with van der Waals surface area (Å²) in [6.07, 6.45) is 5.94. The molecule has 3 nitrogen and oxygen atoms in total. The highest BCUT2D eigenvalue weighted by atomic mass is 15.0. The van der Waals surface area contributed by atoms with Crippen molar-refractivity contribution in [3.8, 4) is 0 Å². The van der Waals surface area contributed by atoms with E-state index in [2.05, 4.69) is 24.1 Å². The van der Waals surface area contributed by atoms with Crippen LogP contribution in [0.15, 0.2) is 24.4 Å². The maximum absolute atomic E-state index is 6.85. The first-order valence-electron chi connectivity index (χ1n) is 4.55. The highest BCUT2D eigenvalue weighted by Gasteiger charge is 1.98. The van der Waals surface area contributed by atoms with Crippen LogP contribution in [0.4, 0.5) is 0 Å². The van der Waals surface area contributed by atoms with Gasteiger partial charge in [-0.1, -0.05) is 19.6 Å². The molecule has 0 spiro atoms. The van der Waals surface area contributed by atoms with Gasteiger partial charge in [0.05, 0.1) is 6.34 Å². The second-order valence-corrected chi connectivity index (χ2v) is 2.87. The van der Waals surface area contributed by atoms with E-state index >= 15 is 0 Å². The van der Waals surface area contributed by atoms with Crippen LogP contribution in [-0.2, 0) is 0 Å². The molecular formula is C10H19N3. The van der Waals surface area contributed by atoms with Gasteiger partial charge < -0.3 is 10.6 Å². The van der Waals surface area contributed by atoms with Crippen molar-refractivity contribution in [3.63, 3.8) is 0 Å². The van der Waals surface area contributed by atoms with Crippen LogP contribution in [0.2, 0.25) is 0 Å². The van der Waals surface area contributed by atoms with E-state index in [1.54, 1.807) is 6.08 Å². The second kappa shape index (κ2) is 7.40. The summed E-state index contributed by atoms with van der Waals surface area (Å²) in [5.41, 5.74) is 1.17. The van der Waals surface area contributed by atoms with Crippen LogP contribution in [-0.4, -0.2) is 18.9 Å². The first-order chi connectivity index (χ1) is 6.24. The van der Waals surface area contributed by atoms with Crippen molar-refractivity contribution >= 4 is 6.34 Å². The molecule has 0 saturated heterocycles. The molecular weight excluding hydrogens is 162 g/mol. The Kier molecular flexibility index (Phi) is 6.69. The third-order valence-electron chi connectivity index (χ3n) is 1.70. The fourth-order valence-corrected chi connectivity index (χ4v) is 0.929. The largest absolute Gasteiger partial charge is 0.386 e. The van der Waals surface area contributed by atoms with Crippen molar-refractivity contribution in [1.82, 2.24) is 10.6 Å². The minimum Gasteiger partial charge on any atom is -0.386 e. The molecule has 0 aliphatic rings. The van der Waals surface area contributed by atoms with Gasteiger partial charge in [0, 0.05) is 18.3 Å². The Morgan fingerprint density at radius 1 is 1.62 bits per heavy atom. The average Bonchev–Trinajstić information content (AvgIpc) is 2.12. The lowest BCUT2D eigenvalue weighted by molar-refractivity contribution is 0.609. The summed E-state index contributed by atoms with van der Waals surface area (Å²) in [7, 11) is 0. The lowest BCUT2D eigenvalue weighted by Gasteiger charge is -2.14. The molecule has 3 heteroatoms. The molecule has 1 atom stereocenters. The van der Waals surface area contributed by atoms with Crippen molar-refractivity contribution in [2.75, 3.05) is 6.54 Å². The third kappa shape index (κ3) is 5.96. The average molecular weight is 181 g/mol. The van der Waals surface area contributed by atoms with Crippen molar-refractivity contribution in [1.29, 1.82) is 5.41 Å². The van der Waals surface area contributed by atoms with E-state index in [4.69, 9.17) is 5.41 Å². The highest BCUT2D eigenvalue weighted by molar-refractivity contribution is 5.50. The predicted molar refractivity (Wildman–Crippen MR) is 58.0 cm³/mol. The molecule has 0 amide bonds. The molecule has 0 fully saturated rings. The standard InChI is InChI=1S/C10H19N3/c1-4-6-10(5-2)12-7-9(3)13-8-11/h4,6,8-9,12H,1,5,7H2,2-3H3,(H2,11,13)/b10-6+/t9-/m0/s1. The third-order valence-corrected chi connectivity index (χ3v) is 1.70. The molecule has 74 valence electrons. The van der Waals surface area contributed by atoms with Crippen molar-refractivity contribution < 1.29 is 0 Å². The van der Waals surface area contributed by atoms with E-state index in [0.29, 0.717) is 0 Å². The summed E-state index contributed by atoms with van der Waals surface area (Å²) < 4.78 is 0. The van der Waals surface area contributed by atoms with Crippen molar-refractivity contribution in [2.45, 2.75) is 26.3 Å². The normalized spacial score (nSPS) is 13.2. The number of allylic oxidation sites excluding steroid dienone is 3. The number of hydrogen-bond acceptors (Lipinski definition) is 2. The van der Waals surface area contributed by atoms with E-state index < -0.39 is 0 Å². The van der Waals surface area contributed by atoms with Gasteiger partial charge in [0.1, 0.15) is 0 Å². The molecule has 0 aromatic carbocycles. The fraction of sp³-hybridized carbons (Fsp3) is 0.500. The topological polar surface area (TPSA) is 47.9 Å². The van der Waals surface area contributed by atoms with Gasteiger partial charge in [-0.25, -0.2) is 0 Å². The number of nitrogens with one attached hydrogen (secondary N) is 3. The van der Waals surface area contributed by atoms with Gasteiger partial charge in [0.2, 0.25) is 0 Å². The van der Waals surface area contributed by atoms with Gasteiger partial charge in [-0.2, -0.15) is 0 Å². The van der Waals surface area contributed by atoms with Crippen LogP contribution in [0.25, 0.3) is 0 Å². The van der Waals surface area contributed by atoms with Crippen LogP contribution in [0, 0.1) is 5.41 Å². The first kappa shape index (κ1) is 11.8. The van der Waals surface area contributed by atoms with E-state index in [0.717, 1.165) is 13.0 Å². The zero-order valence-electron chi connectivity index (χ0n) is 8.43. The van der Waals surface area contributed by atoms with E-state index in [-0.39, 0.29) is 6.04 Å². The molecule has 0 aliphatic carbocycles.